The summed E-state index contributed by atoms with van der Waals surface area (Å²) in [4.78, 5) is 32.3. The average molecular weight is 444 g/mol. The van der Waals surface area contributed by atoms with Gasteiger partial charge in [0, 0.05) is 29.2 Å². The fourth-order valence-electron chi connectivity index (χ4n) is 3.96. The number of aromatic nitrogens is 1. The van der Waals surface area contributed by atoms with Crippen LogP contribution in [-0.2, 0) is 11.3 Å². The van der Waals surface area contributed by atoms with Gasteiger partial charge < -0.3 is 4.90 Å². The van der Waals surface area contributed by atoms with Gasteiger partial charge in [0.1, 0.15) is 11.9 Å². The van der Waals surface area contributed by atoms with Gasteiger partial charge in [0.15, 0.2) is 5.13 Å². The molecule has 2 heterocycles. The van der Waals surface area contributed by atoms with E-state index in [0.717, 1.165) is 5.56 Å². The first-order chi connectivity index (χ1) is 15.6. The summed E-state index contributed by atoms with van der Waals surface area (Å²) >= 11 is 1.31. The minimum Gasteiger partial charge on any atom is -0.318 e. The SMILES string of the molecule is O=C(Nc1nccs1)[C@@H](c1ccccc1)N1Cc2ccc(-c3ccccc3F)cc2C1=O. The summed E-state index contributed by atoms with van der Waals surface area (Å²) in [6.45, 7) is 0.288. The lowest BCUT2D eigenvalue weighted by Crippen LogP contribution is -2.37. The van der Waals surface area contributed by atoms with E-state index in [4.69, 9.17) is 0 Å². The van der Waals surface area contributed by atoms with Gasteiger partial charge in [-0.2, -0.15) is 0 Å². The number of thiazole rings is 1. The van der Waals surface area contributed by atoms with Crippen LogP contribution >= 0.6 is 11.3 Å². The molecule has 7 heteroatoms. The summed E-state index contributed by atoms with van der Waals surface area (Å²) in [6.07, 6.45) is 1.61. The Morgan fingerprint density at radius 1 is 1.03 bits per heavy atom. The molecule has 32 heavy (non-hydrogen) atoms. The lowest BCUT2D eigenvalue weighted by Gasteiger charge is -2.27. The summed E-state index contributed by atoms with van der Waals surface area (Å²) in [5.74, 6) is -0.942. The molecule has 1 aliphatic rings. The first kappa shape index (κ1) is 20.1. The zero-order chi connectivity index (χ0) is 22.1. The number of amides is 2. The molecule has 2 amide bonds. The number of benzene rings is 3. The second kappa shape index (κ2) is 8.36. The zero-order valence-electron chi connectivity index (χ0n) is 16.9. The van der Waals surface area contributed by atoms with Crippen molar-refractivity contribution in [1.82, 2.24) is 9.88 Å². The highest BCUT2D eigenvalue weighted by molar-refractivity contribution is 7.13. The van der Waals surface area contributed by atoms with Crippen molar-refractivity contribution in [3.05, 3.63) is 107 Å². The van der Waals surface area contributed by atoms with Crippen LogP contribution in [0, 0.1) is 5.82 Å². The van der Waals surface area contributed by atoms with Gasteiger partial charge in [0.05, 0.1) is 0 Å². The molecule has 5 nitrogen and oxygen atoms in total. The van der Waals surface area contributed by atoms with Crippen LogP contribution in [0.4, 0.5) is 9.52 Å². The van der Waals surface area contributed by atoms with Crippen LogP contribution < -0.4 is 5.32 Å². The monoisotopic (exact) mass is 443 g/mol. The molecule has 1 aromatic heterocycles. The smallest absolute Gasteiger partial charge is 0.255 e. The van der Waals surface area contributed by atoms with E-state index in [1.807, 2.05) is 36.4 Å². The number of nitrogens with one attached hydrogen (secondary N) is 1. The minimum absolute atomic E-state index is 0.263. The van der Waals surface area contributed by atoms with Gasteiger partial charge in [-0.15, -0.1) is 11.3 Å². The maximum absolute atomic E-state index is 14.3. The van der Waals surface area contributed by atoms with E-state index in [2.05, 4.69) is 10.3 Å². The Morgan fingerprint density at radius 3 is 2.56 bits per heavy atom. The summed E-state index contributed by atoms with van der Waals surface area (Å²) in [7, 11) is 0. The third-order valence-corrected chi connectivity index (χ3v) is 6.15. The molecule has 0 fully saturated rings. The van der Waals surface area contributed by atoms with Gasteiger partial charge in [-0.05, 0) is 28.8 Å². The average Bonchev–Trinajstić information content (AvgIpc) is 3.43. The molecule has 4 aromatic rings. The highest BCUT2D eigenvalue weighted by Crippen LogP contribution is 2.35. The molecular formula is C25H18FN3O2S. The third kappa shape index (κ3) is 3.67. The number of halogens is 1. The fraction of sp³-hybridized carbons (Fsp3) is 0.0800. The number of fused-ring (bicyclic) bond motifs is 1. The summed E-state index contributed by atoms with van der Waals surface area (Å²) in [6, 6.07) is 20.2. The number of anilines is 1. The van der Waals surface area contributed by atoms with Crippen LogP contribution in [0.5, 0.6) is 0 Å². The van der Waals surface area contributed by atoms with Crippen LogP contribution in [0.1, 0.15) is 27.5 Å². The minimum atomic E-state index is -0.822. The van der Waals surface area contributed by atoms with Crippen LogP contribution in [0.25, 0.3) is 11.1 Å². The molecule has 1 atom stereocenters. The molecule has 0 bridgehead atoms. The quantitative estimate of drug-likeness (QED) is 0.456. The standard InChI is InChI=1S/C25H18FN3O2S/c26-21-9-5-4-8-19(21)17-10-11-18-15-29(24(31)20(18)14-17)22(16-6-2-1-3-7-16)23(30)28-25-27-12-13-32-25/h1-14,22H,15H2,(H,27,28,30)/t22-/m1/s1. The van der Waals surface area contributed by atoms with Crippen LogP contribution in [0.15, 0.2) is 84.4 Å². The van der Waals surface area contributed by atoms with Gasteiger partial charge in [0.25, 0.3) is 11.8 Å². The fourth-order valence-corrected chi connectivity index (χ4v) is 4.49. The number of hydrogen-bond acceptors (Lipinski definition) is 4. The Hall–Kier alpha value is -3.84. The lowest BCUT2D eigenvalue weighted by atomic mass is 10.00. The first-order valence-corrected chi connectivity index (χ1v) is 10.9. The Balaban J connectivity index is 1.50. The predicted molar refractivity (Wildman–Crippen MR) is 122 cm³/mol. The van der Waals surface area contributed by atoms with E-state index < -0.39 is 6.04 Å². The first-order valence-electron chi connectivity index (χ1n) is 10.1. The topological polar surface area (TPSA) is 62.3 Å². The number of hydrogen-bond donors (Lipinski definition) is 1. The maximum Gasteiger partial charge on any atom is 0.255 e. The second-order valence-electron chi connectivity index (χ2n) is 7.42. The lowest BCUT2D eigenvalue weighted by molar-refractivity contribution is -0.120. The van der Waals surface area contributed by atoms with Gasteiger partial charge >= 0.3 is 0 Å². The molecule has 0 unspecified atom stereocenters. The van der Waals surface area contributed by atoms with Gasteiger partial charge in [-0.3, -0.25) is 14.9 Å². The molecule has 5 rings (SSSR count). The Labute approximate surface area is 188 Å². The van der Waals surface area contributed by atoms with E-state index in [-0.39, 0.29) is 24.2 Å². The Kier molecular flexibility index (Phi) is 5.25. The van der Waals surface area contributed by atoms with Crippen molar-refractivity contribution in [3.8, 4) is 11.1 Å². The van der Waals surface area contributed by atoms with Crippen molar-refractivity contribution in [2.24, 2.45) is 0 Å². The predicted octanol–water partition coefficient (Wildman–Crippen LogP) is 5.29. The van der Waals surface area contributed by atoms with Crippen molar-refractivity contribution < 1.29 is 14.0 Å². The van der Waals surface area contributed by atoms with Crippen LogP contribution in [0.2, 0.25) is 0 Å². The number of carbonyl (C=O) groups is 2. The molecule has 158 valence electrons. The Bertz CT molecular complexity index is 1290. The summed E-state index contributed by atoms with van der Waals surface area (Å²) in [5.41, 5.74) is 3.05. The highest BCUT2D eigenvalue weighted by atomic mass is 32.1. The van der Waals surface area contributed by atoms with Crippen LogP contribution in [0.3, 0.4) is 0 Å². The summed E-state index contributed by atoms with van der Waals surface area (Å²) < 4.78 is 14.3. The van der Waals surface area contributed by atoms with E-state index >= 15 is 0 Å². The summed E-state index contributed by atoms with van der Waals surface area (Å²) in [5, 5.41) is 5.06. The normalized spacial score (nSPS) is 13.7. The molecule has 0 saturated carbocycles. The Morgan fingerprint density at radius 2 is 1.81 bits per heavy atom. The van der Waals surface area contributed by atoms with E-state index in [0.29, 0.717) is 27.4 Å². The van der Waals surface area contributed by atoms with Gasteiger partial charge in [0.2, 0.25) is 0 Å². The molecule has 0 radical (unpaired) electrons. The second-order valence-corrected chi connectivity index (χ2v) is 8.32. The highest BCUT2D eigenvalue weighted by Gasteiger charge is 2.37. The van der Waals surface area contributed by atoms with Crippen LogP contribution in [-0.4, -0.2) is 21.7 Å². The van der Waals surface area contributed by atoms with E-state index in [1.165, 1.54) is 17.4 Å². The van der Waals surface area contributed by atoms with Gasteiger partial charge in [-0.25, -0.2) is 9.37 Å². The third-order valence-electron chi connectivity index (χ3n) is 5.46. The maximum atomic E-state index is 14.3. The van der Waals surface area contributed by atoms with E-state index in [1.54, 1.807) is 46.8 Å². The van der Waals surface area contributed by atoms with Crippen molar-refractivity contribution in [2.45, 2.75) is 12.6 Å². The van der Waals surface area contributed by atoms with Crippen molar-refractivity contribution in [3.63, 3.8) is 0 Å². The molecule has 1 aliphatic heterocycles. The zero-order valence-corrected chi connectivity index (χ0v) is 17.7. The number of carbonyl (C=O) groups excluding carboxylic acids is 2. The largest absolute Gasteiger partial charge is 0.318 e. The van der Waals surface area contributed by atoms with E-state index in [9.17, 15) is 14.0 Å². The van der Waals surface area contributed by atoms with Crippen molar-refractivity contribution in [1.29, 1.82) is 0 Å². The van der Waals surface area contributed by atoms with Crippen molar-refractivity contribution >= 4 is 28.3 Å². The molecule has 1 N–H and O–H groups in total. The molecule has 0 saturated heterocycles. The molecular weight excluding hydrogens is 425 g/mol. The number of nitrogens with zero attached hydrogens (tertiary/aromatic N) is 2. The number of rotatable bonds is 5. The molecule has 3 aromatic carbocycles. The van der Waals surface area contributed by atoms with Gasteiger partial charge in [-0.1, -0.05) is 60.7 Å². The van der Waals surface area contributed by atoms with Crippen molar-refractivity contribution in [2.75, 3.05) is 5.32 Å². The molecule has 0 spiro atoms. The molecule has 0 aliphatic carbocycles.